The largest absolute Gasteiger partial charge is 0.616 e. The highest BCUT2D eigenvalue weighted by Crippen LogP contribution is 2.40. The van der Waals surface area contributed by atoms with Crippen molar-refractivity contribution in [2.75, 3.05) is 12.0 Å². The van der Waals surface area contributed by atoms with Crippen LogP contribution in [0.5, 0.6) is 0 Å². The van der Waals surface area contributed by atoms with E-state index in [0.717, 1.165) is 11.1 Å². The number of fused-ring (bicyclic) bond motifs is 1. The van der Waals surface area contributed by atoms with E-state index in [0.29, 0.717) is 26.7 Å². The number of hydrogen-bond acceptors (Lipinski definition) is 2. The number of hydrogen-bond donors (Lipinski definition) is 1. The first-order chi connectivity index (χ1) is 11.0. The number of H-pyrrole nitrogens is 1. The summed E-state index contributed by atoms with van der Waals surface area (Å²) in [4.78, 5) is 15.6. The van der Waals surface area contributed by atoms with E-state index >= 15 is 0 Å². The summed E-state index contributed by atoms with van der Waals surface area (Å²) in [7, 11) is 0. The Morgan fingerprint density at radius 1 is 1.17 bits per heavy atom. The van der Waals surface area contributed by atoms with E-state index in [2.05, 4.69) is 4.98 Å². The van der Waals surface area contributed by atoms with Gasteiger partial charge in [-0.15, -0.1) is 0 Å². The van der Waals surface area contributed by atoms with Gasteiger partial charge in [-0.3, -0.25) is 4.79 Å². The topological polar surface area (TPSA) is 55.9 Å². The van der Waals surface area contributed by atoms with Gasteiger partial charge in [-0.2, -0.15) is 0 Å². The van der Waals surface area contributed by atoms with Crippen LogP contribution in [0.25, 0.3) is 22.0 Å². The Bertz CT molecular complexity index is 875. The fourth-order valence-corrected chi connectivity index (χ4v) is 3.51. The molecule has 3 nitrogen and oxygen atoms in total. The molecule has 0 amide bonds. The van der Waals surface area contributed by atoms with Crippen molar-refractivity contribution in [2.24, 2.45) is 0 Å². The van der Waals surface area contributed by atoms with Crippen LogP contribution < -0.4 is 0 Å². The standard InChI is InChI=1S/C17H13Cl2NO2S/c1-23(22)9-13(21)17-14(10-5-3-2-4-6-10)15-12(20-17)8-7-11(18)16(15)19/h2-8,20H,9H2,1H3. The summed E-state index contributed by atoms with van der Waals surface area (Å²) in [5.74, 6) is -0.258. The van der Waals surface area contributed by atoms with Crippen LogP contribution in [0.4, 0.5) is 0 Å². The average Bonchev–Trinajstić information content (AvgIpc) is 2.91. The predicted molar refractivity (Wildman–Crippen MR) is 97.0 cm³/mol. The van der Waals surface area contributed by atoms with Crippen molar-refractivity contribution in [3.8, 4) is 11.1 Å². The number of ketones is 1. The molecule has 0 saturated carbocycles. The van der Waals surface area contributed by atoms with E-state index in [1.807, 2.05) is 30.3 Å². The molecule has 0 fully saturated rings. The van der Waals surface area contributed by atoms with Crippen molar-refractivity contribution in [2.45, 2.75) is 0 Å². The zero-order valence-electron chi connectivity index (χ0n) is 12.2. The minimum Gasteiger partial charge on any atom is -0.616 e. The number of aromatic amines is 1. The lowest BCUT2D eigenvalue weighted by atomic mass is 10.0. The molecule has 23 heavy (non-hydrogen) atoms. The Balaban J connectivity index is 2.32. The Hall–Kier alpha value is -1.46. The summed E-state index contributed by atoms with van der Waals surface area (Å²) < 4.78 is 11.4. The van der Waals surface area contributed by atoms with Crippen LogP contribution in [0.3, 0.4) is 0 Å². The number of halogens is 2. The molecule has 1 aromatic heterocycles. The molecule has 6 heteroatoms. The molecule has 2 aromatic carbocycles. The number of benzene rings is 2. The first kappa shape index (κ1) is 16.4. The van der Waals surface area contributed by atoms with Crippen LogP contribution in [0, 0.1) is 0 Å². The van der Waals surface area contributed by atoms with Crippen LogP contribution >= 0.6 is 23.2 Å². The number of nitrogens with one attached hydrogen (secondary N) is 1. The molecule has 0 spiro atoms. The average molecular weight is 366 g/mol. The normalized spacial score (nSPS) is 12.5. The number of carbonyl (C=O) groups is 1. The Morgan fingerprint density at radius 2 is 1.87 bits per heavy atom. The van der Waals surface area contributed by atoms with Gasteiger partial charge in [-0.05, 0) is 28.9 Å². The quantitative estimate of drug-likeness (QED) is 0.537. The van der Waals surface area contributed by atoms with Crippen LogP contribution in [0.15, 0.2) is 42.5 Å². The fraction of sp³-hybridized carbons (Fsp3) is 0.118. The molecule has 0 saturated heterocycles. The van der Waals surface area contributed by atoms with Crippen molar-refractivity contribution in [3.05, 3.63) is 58.2 Å². The SMILES string of the molecule is C[S+]([O-])CC(=O)c1[nH]c2ccc(Cl)c(Cl)c2c1-c1ccccc1. The third-order valence-corrected chi connectivity index (χ3v) is 5.00. The highest BCUT2D eigenvalue weighted by molar-refractivity contribution is 7.91. The van der Waals surface area contributed by atoms with E-state index in [1.54, 1.807) is 12.1 Å². The van der Waals surface area contributed by atoms with Crippen molar-refractivity contribution in [1.82, 2.24) is 4.98 Å². The van der Waals surface area contributed by atoms with E-state index in [4.69, 9.17) is 23.2 Å². The molecule has 118 valence electrons. The molecule has 1 atom stereocenters. The van der Waals surface area contributed by atoms with Gasteiger partial charge >= 0.3 is 0 Å². The first-order valence-electron chi connectivity index (χ1n) is 6.87. The van der Waals surface area contributed by atoms with Gasteiger partial charge in [0.05, 0.1) is 22.0 Å². The van der Waals surface area contributed by atoms with E-state index < -0.39 is 11.2 Å². The van der Waals surface area contributed by atoms with Gasteiger partial charge < -0.3 is 9.54 Å². The Labute approximate surface area is 146 Å². The molecule has 0 aliphatic rings. The summed E-state index contributed by atoms with van der Waals surface area (Å²) >= 11 is 11.3. The molecule has 0 bridgehead atoms. The van der Waals surface area contributed by atoms with Crippen LogP contribution in [0.2, 0.25) is 10.0 Å². The van der Waals surface area contributed by atoms with Gasteiger partial charge in [0.25, 0.3) is 0 Å². The summed E-state index contributed by atoms with van der Waals surface area (Å²) in [6.07, 6.45) is 1.51. The zero-order chi connectivity index (χ0) is 16.6. The van der Waals surface area contributed by atoms with Crippen LogP contribution in [-0.4, -0.2) is 27.3 Å². The second kappa shape index (κ2) is 6.57. The molecule has 1 heterocycles. The van der Waals surface area contributed by atoms with E-state index in [9.17, 15) is 9.35 Å². The molecule has 0 radical (unpaired) electrons. The molecule has 1 N–H and O–H groups in total. The second-order valence-electron chi connectivity index (χ2n) is 5.17. The minimum absolute atomic E-state index is 0.0436. The lowest BCUT2D eigenvalue weighted by molar-refractivity contribution is 0.101. The summed E-state index contributed by atoms with van der Waals surface area (Å²) in [6.45, 7) is 0. The molecule has 3 aromatic rings. The maximum absolute atomic E-state index is 12.5. The first-order valence-corrected chi connectivity index (χ1v) is 9.35. The predicted octanol–water partition coefficient (Wildman–Crippen LogP) is 4.70. The van der Waals surface area contributed by atoms with E-state index in [1.165, 1.54) is 6.26 Å². The third kappa shape index (κ3) is 3.12. The maximum atomic E-state index is 12.5. The summed E-state index contributed by atoms with van der Waals surface area (Å²) in [5, 5.41) is 1.53. The maximum Gasteiger partial charge on any atom is 0.228 e. The van der Waals surface area contributed by atoms with Crippen molar-refractivity contribution >= 4 is 51.1 Å². The van der Waals surface area contributed by atoms with Crippen molar-refractivity contribution < 1.29 is 9.35 Å². The number of Topliss-reactive ketones (excluding diaryl/α,β-unsaturated/α-hetero) is 1. The third-order valence-electron chi connectivity index (χ3n) is 3.53. The molecule has 1 unspecified atom stereocenters. The Kier molecular flexibility index (Phi) is 4.69. The lowest BCUT2D eigenvalue weighted by Gasteiger charge is -2.07. The van der Waals surface area contributed by atoms with Gasteiger partial charge in [0.1, 0.15) is 0 Å². The molecule has 3 rings (SSSR count). The lowest BCUT2D eigenvalue weighted by Crippen LogP contribution is -2.15. The molecular formula is C17H13Cl2NO2S. The van der Waals surface area contributed by atoms with Crippen LogP contribution in [-0.2, 0) is 11.2 Å². The fourth-order valence-electron chi connectivity index (χ4n) is 2.58. The molecule has 0 aliphatic heterocycles. The van der Waals surface area contributed by atoms with Gasteiger partial charge in [-0.1, -0.05) is 53.5 Å². The molecule has 0 aliphatic carbocycles. The number of rotatable bonds is 4. The van der Waals surface area contributed by atoms with Gasteiger partial charge in [0.2, 0.25) is 5.78 Å². The Morgan fingerprint density at radius 3 is 2.52 bits per heavy atom. The highest BCUT2D eigenvalue weighted by atomic mass is 35.5. The van der Waals surface area contributed by atoms with Gasteiger partial charge in [-0.25, -0.2) is 0 Å². The van der Waals surface area contributed by atoms with Gasteiger partial charge in [0, 0.05) is 16.5 Å². The summed E-state index contributed by atoms with van der Waals surface area (Å²) in [5.41, 5.74) is 2.69. The van der Waals surface area contributed by atoms with Crippen molar-refractivity contribution in [3.63, 3.8) is 0 Å². The zero-order valence-corrected chi connectivity index (χ0v) is 14.6. The smallest absolute Gasteiger partial charge is 0.228 e. The van der Waals surface area contributed by atoms with Crippen LogP contribution in [0.1, 0.15) is 10.5 Å². The second-order valence-corrected chi connectivity index (χ2v) is 7.39. The number of aromatic nitrogens is 1. The number of carbonyl (C=O) groups excluding carboxylic acids is 1. The minimum atomic E-state index is -1.22. The van der Waals surface area contributed by atoms with Gasteiger partial charge in [0.15, 0.2) is 5.75 Å². The monoisotopic (exact) mass is 365 g/mol. The highest BCUT2D eigenvalue weighted by Gasteiger charge is 2.23. The molecular weight excluding hydrogens is 353 g/mol. The summed E-state index contributed by atoms with van der Waals surface area (Å²) in [6, 6.07) is 13.0. The van der Waals surface area contributed by atoms with Crippen molar-refractivity contribution in [1.29, 1.82) is 0 Å². The van der Waals surface area contributed by atoms with E-state index in [-0.39, 0.29) is 11.5 Å².